The summed E-state index contributed by atoms with van der Waals surface area (Å²) in [4.78, 5) is 24.8. The SMILES string of the molecule is Cc1ccc(C(=O)NCCc2ccc(C(F)(F)F)cc2)cc1NC(=O)c1ccccc1. The fraction of sp³-hybridized carbons (Fsp3) is 0.167. The minimum Gasteiger partial charge on any atom is -0.352 e. The summed E-state index contributed by atoms with van der Waals surface area (Å²) in [6.45, 7) is 2.09. The van der Waals surface area contributed by atoms with Crippen molar-refractivity contribution in [1.82, 2.24) is 5.32 Å². The van der Waals surface area contributed by atoms with Crippen molar-refractivity contribution >= 4 is 17.5 Å². The largest absolute Gasteiger partial charge is 0.416 e. The molecular formula is C24H21F3N2O2. The van der Waals surface area contributed by atoms with E-state index in [1.807, 2.05) is 13.0 Å². The van der Waals surface area contributed by atoms with Crippen LogP contribution in [0, 0.1) is 6.92 Å². The third-order valence-electron chi connectivity index (χ3n) is 4.76. The molecule has 7 heteroatoms. The van der Waals surface area contributed by atoms with Gasteiger partial charge in [0.2, 0.25) is 0 Å². The van der Waals surface area contributed by atoms with Crippen molar-refractivity contribution in [1.29, 1.82) is 0 Å². The standard InChI is InChI=1S/C24H21F3N2O2/c1-16-7-10-19(15-21(16)29-23(31)18-5-3-2-4-6-18)22(30)28-14-13-17-8-11-20(12-9-17)24(25,26)27/h2-12,15H,13-14H2,1H3,(H,28,30)(H,29,31). The molecule has 2 amide bonds. The molecule has 3 rings (SSSR count). The highest BCUT2D eigenvalue weighted by molar-refractivity contribution is 6.05. The number of carbonyl (C=O) groups is 2. The minimum atomic E-state index is -4.37. The van der Waals surface area contributed by atoms with E-state index in [0.717, 1.165) is 17.7 Å². The normalized spacial score (nSPS) is 11.1. The summed E-state index contributed by atoms with van der Waals surface area (Å²) in [5.41, 5.74) is 2.21. The van der Waals surface area contributed by atoms with Gasteiger partial charge in [0.05, 0.1) is 5.56 Å². The summed E-state index contributed by atoms with van der Waals surface area (Å²) in [7, 11) is 0. The molecule has 0 spiro atoms. The van der Waals surface area contributed by atoms with Gasteiger partial charge in [0.1, 0.15) is 0 Å². The fourth-order valence-corrected chi connectivity index (χ4v) is 2.96. The van der Waals surface area contributed by atoms with Crippen LogP contribution in [0.25, 0.3) is 0 Å². The van der Waals surface area contributed by atoms with E-state index in [2.05, 4.69) is 10.6 Å². The molecule has 0 aliphatic carbocycles. The Kier molecular flexibility index (Phi) is 6.74. The number of hydrogen-bond donors (Lipinski definition) is 2. The summed E-state index contributed by atoms with van der Waals surface area (Å²) < 4.78 is 37.9. The highest BCUT2D eigenvalue weighted by Gasteiger charge is 2.29. The van der Waals surface area contributed by atoms with Gasteiger partial charge in [0.15, 0.2) is 0 Å². The van der Waals surface area contributed by atoms with Gasteiger partial charge in [-0.05, 0) is 60.9 Å². The fourth-order valence-electron chi connectivity index (χ4n) is 2.96. The van der Waals surface area contributed by atoms with Crippen LogP contribution in [-0.4, -0.2) is 18.4 Å². The molecule has 2 N–H and O–H groups in total. The Morgan fingerprint density at radius 2 is 1.52 bits per heavy atom. The van der Waals surface area contributed by atoms with Crippen molar-refractivity contribution in [2.24, 2.45) is 0 Å². The van der Waals surface area contributed by atoms with Crippen LogP contribution in [0.2, 0.25) is 0 Å². The van der Waals surface area contributed by atoms with Crippen LogP contribution in [0.5, 0.6) is 0 Å². The zero-order valence-electron chi connectivity index (χ0n) is 16.8. The Morgan fingerprint density at radius 1 is 0.839 bits per heavy atom. The molecule has 4 nitrogen and oxygen atoms in total. The van der Waals surface area contributed by atoms with Crippen molar-refractivity contribution in [3.63, 3.8) is 0 Å². The summed E-state index contributed by atoms with van der Waals surface area (Å²) in [6, 6.07) is 18.6. The maximum atomic E-state index is 12.6. The number of benzene rings is 3. The molecule has 3 aromatic rings. The summed E-state index contributed by atoms with van der Waals surface area (Å²) >= 11 is 0. The number of nitrogens with one attached hydrogen (secondary N) is 2. The molecule has 0 saturated heterocycles. The van der Waals surface area contributed by atoms with Crippen LogP contribution in [0.1, 0.15) is 37.4 Å². The number of halogens is 3. The van der Waals surface area contributed by atoms with Crippen molar-refractivity contribution in [2.75, 3.05) is 11.9 Å². The molecule has 0 radical (unpaired) electrons. The van der Waals surface area contributed by atoms with Crippen LogP contribution in [0.15, 0.2) is 72.8 Å². The number of aryl methyl sites for hydroxylation is 1. The molecule has 31 heavy (non-hydrogen) atoms. The first-order chi connectivity index (χ1) is 14.7. The number of carbonyl (C=O) groups excluding carboxylic acids is 2. The second-order valence-electron chi connectivity index (χ2n) is 7.05. The average molecular weight is 426 g/mol. The number of rotatable bonds is 6. The maximum Gasteiger partial charge on any atom is 0.416 e. The Hall–Kier alpha value is -3.61. The predicted molar refractivity (Wildman–Crippen MR) is 113 cm³/mol. The monoisotopic (exact) mass is 426 g/mol. The van der Waals surface area contributed by atoms with E-state index in [-0.39, 0.29) is 18.4 Å². The van der Waals surface area contributed by atoms with Gasteiger partial charge in [-0.2, -0.15) is 13.2 Å². The zero-order valence-corrected chi connectivity index (χ0v) is 16.8. The first-order valence-electron chi connectivity index (χ1n) is 9.65. The van der Waals surface area contributed by atoms with Gasteiger partial charge < -0.3 is 10.6 Å². The number of amides is 2. The lowest BCUT2D eigenvalue weighted by molar-refractivity contribution is -0.137. The second-order valence-corrected chi connectivity index (χ2v) is 7.05. The summed E-state index contributed by atoms with van der Waals surface area (Å²) in [6.07, 6.45) is -3.97. The zero-order chi connectivity index (χ0) is 22.4. The van der Waals surface area contributed by atoms with Crippen molar-refractivity contribution < 1.29 is 22.8 Å². The first kappa shape index (κ1) is 22.1. The topological polar surface area (TPSA) is 58.2 Å². The minimum absolute atomic E-state index is 0.268. The Bertz CT molecular complexity index is 1060. The molecule has 0 aromatic heterocycles. The molecule has 0 aliphatic heterocycles. The Morgan fingerprint density at radius 3 is 2.16 bits per heavy atom. The first-order valence-corrected chi connectivity index (χ1v) is 9.65. The smallest absolute Gasteiger partial charge is 0.352 e. The van der Waals surface area contributed by atoms with Crippen LogP contribution < -0.4 is 10.6 Å². The van der Waals surface area contributed by atoms with Gasteiger partial charge in [-0.25, -0.2) is 0 Å². The molecule has 0 aliphatic rings. The molecule has 0 unspecified atom stereocenters. The van der Waals surface area contributed by atoms with Crippen LogP contribution >= 0.6 is 0 Å². The van der Waals surface area contributed by atoms with E-state index in [0.29, 0.717) is 28.8 Å². The van der Waals surface area contributed by atoms with Crippen LogP contribution in [0.4, 0.5) is 18.9 Å². The van der Waals surface area contributed by atoms with Crippen LogP contribution in [-0.2, 0) is 12.6 Å². The Labute approximate surface area is 178 Å². The lowest BCUT2D eigenvalue weighted by atomic mass is 10.1. The highest BCUT2D eigenvalue weighted by Crippen LogP contribution is 2.29. The van der Waals surface area contributed by atoms with Gasteiger partial charge in [-0.1, -0.05) is 36.4 Å². The lowest BCUT2D eigenvalue weighted by Crippen LogP contribution is -2.26. The summed E-state index contributed by atoms with van der Waals surface area (Å²) in [5, 5.41) is 5.56. The molecule has 3 aromatic carbocycles. The van der Waals surface area contributed by atoms with E-state index in [9.17, 15) is 22.8 Å². The van der Waals surface area contributed by atoms with E-state index in [1.165, 1.54) is 12.1 Å². The van der Waals surface area contributed by atoms with Gasteiger partial charge in [0.25, 0.3) is 11.8 Å². The van der Waals surface area contributed by atoms with Crippen molar-refractivity contribution in [2.45, 2.75) is 19.5 Å². The second kappa shape index (κ2) is 9.47. The lowest BCUT2D eigenvalue weighted by Gasteiger charge is -2.11. The maximum absolute atomic E-state index is 12.6. The van der Waals surface area contributed by atoms with E-state index >= 15 is 0 Å². The third kappa shape index (κ3) is 5.94. The number of hydrogen-bond acceptors (Lipinski definition) is 2. The molecule has 0 atom stereocenters. The number of anilines is 1. The molecule has 0 heterocycles. The predicted octanol–water partition coefficient (Wildman–Crippen LogP) is 5.24. The van der Waals surface area contributed by atoms with E-state index in [1.54, 1.807) is 42.5 Å². The Balaban J connectivity index is 1.59. The molecule has 160 valence electrons. The number of alkyl halides is 3. The van der Waals surface area contributed by atoms with E-state index < -0.39 is 11.7 Å². The van der Waals surface area contributed by atoms with Crippen LogP contribution in [0.3, 0.4) is 0 Å². The average Bonchev–Trinajstić information content (AvgIpc) is 2.75. The van der Waals surface area contributed by atoms with Crippen molar-refractivity contribution in [3.05, 3.63) is 101 Å². The van der Waals surface area contributed by atoms with E-state index in [4.69, 9.17) is 0 Å². The molecular weight excluding hydrogens is 405 g/mol. The van der Waals surface area contributed by atoms with Gasteiger partial charge in [-0.3, -0.25) is 9.59 Å². The summed E-state index contributed by atoms with van der Waals surface area (Å²) in [5.74, 6) is -0.606. The molecule has 0 bridgehead atoms. The van der Waals surface area contributed by atoms with Crippen molar-refractivity contribution in [3.8, 4) is 0 Å². The van der Waals surface area contributed by atoms with Gasteiger partial charge in [-0.15, -0.1) is 0 Å². The quantitative estimate of drug-likeness (QED) is 0.567. The highest BCUT2D eigenvalue weighted by atomic mass is 19.4. The molecule has 0 saturated carbocycles. The van der Waals surface area contributed by atoms with Gasteiger partial charge >= 0.3 is 6.18 Å². The molecule has 0 fully saturated rings. The van der Waals surface area contributed by atoms with Gasteiger partial charge in [0, 0.05) is 23.4 Å². The third-order valence-corrected chi connectivity index (χ3v) is 4.76.